The SMILES string of the molecule is CN1CCC=C(c2[nH]ncc2Br)C1. The second kappa shape index (κ2) is 3.64. The standard InChI is InChI=1S/C9H12BrN3/c1-13-4-2-3-7(6-13)9-8(10)5-11-12-9/h3,5H,2,4,6H2,1H3,(H,11,12). The van der Waals surface area contributed by atoms with Crippen LogP contribution in [0.3, 0.4) is 0 Å². The van der Waals surface area contributed by atoms with Crippen LogP contribution in [0.2, 0.25) is 0 Å². The van der Waals surface area contributed by atoms with Gasteiger partial charge in [-0.2, -0.15) is 5.10 Å². The maximum atomic E-state index is 3.99. The number of rotatable bonds is 1. The largest absolute Gasteiger partial charge is 0.302 e. The average Bonchev–Trinajstić information content (AvgIpc) is 2.51. The van der Waals surface area contributed by atoms with E-state index in [-0.39, 0.29) is 0 Å². The lowest BCUT2D eigenvalue weighted by atomic mass is 10.1. The highest BCUT2D eigenvalue weighted by molar-refractivity contribution is 9.10. The molecule has 4 heteroatoms. The van der Waals surface area contributed by atoms with Gasteiger partial charge < -0.3 is 4.90 Å². The van der Waals surface area contributed by atoms with Gasteiger partial charge in [0.25, 0.3) is 0 Å². The quantitative estimate of drug-likeness (QED) is 0.815. The summed E-state index contributed by atoms with van der Waals surface area (Å²) in [6.07, 6.45) is 5.19. The van der Waals surface area contributed by atoms with E-state index < -0.39 is 0 Å². The van der Waals surface area contributed by atoms with Gasteiger partial charge in [0, 0.05) is 13.1 Å². The molecule has 0 atom stereocenters. The van der Waals surface area contributed by atoms with Crippen molar-refractivity contribution in [2.24, 2.45) is 0 Å². The van der Waals surface area contributed by atoms with Gasteiger partial charge in [-0.3, -0.25) is 5.10 Å². The molecule has 0 fully saturated rings. The second-order valence-corrected chi connectivity index (χ2v) is 4.20. The summed E-state index contributed by atoms with van der Waals surface area (Å²) in [7, 11) is 2.14. The summed E-state index contributed by atoms with van der Waals surface area (Å²) in [5.74, 6) is 0. The zero-order valence-electron chi connectivity index (χ0n) is 7.55. The van der Waals surface area contributed by atoms with Crippen LogP contribution in [0.1, 0.15) is 12.1 Å². The summed E-state index contributed by atoms with van der Waals surface area (Å²) in [6.45, 7) is 2.15. The molecule has 0 saturated heterocycles. The van der Waals surface area contributed by atoms with Crippen LogP contribution in [-0.4, -0.2) is 35.2 Å². The van der Waals surface area contributed by atoms with Gasteiger partial charge in [0.1, 0.15) is 0 Å². The molecule has 0 radical (unpaired) electrons. The molecule has 0 bridgehead atoms. The fourth-order valence-corrected chi connectivity index (χ4v) is 2.02. The Bertz CT molecular complexity index is 329. The highest BCUT2D eigenvalue weighted by Gasteiger charge is 2.13. The number of H-pyrrole nitrogens is 1. The van der Waals surface area contributed by atoms with Gasteiger partial charge in [0.15, 0.2) is 0 Å². The maximum Gasteiger partial charge on any atom is 0.0761 e. The van der Waals surface area contributed by atoms with Gasteiger partial charge >= 0.3 is 0 Å². The van der Waals surface area contributed by atoms with Crippen LogP contribution in [0.15, 0.2) is 16.7 Å². The van der Waals surface area contributed by atoms with Crippen molar-refractivity contribution >= 4 is 21.5 Å². The predicted molar refractivity (Wildman–Crippen MR) is 56.4 cm³/mol. The molecule has 1 aromatic rings. The molecule has 0 spiro atoms. The third-order valence-corrected chi connectivity index (χ3v) is 2.86. The summed E-state index contributed by atoms with van der Waals surface area (Å²) in [5, 5.41) is 6.99. The van der Waals surface area contributed by atoms with Crippen molar-refractivity contribution in [1.82, 2.24) is 15.1 Å². The first-order valence-corrected chi connectivity index (χ1v) is 5.13. The van der Waals surface area contributed by atoms with Crippen molar-refractivity contribution in [3.8, 4) is 0 Å². The molecule has 3 nitrogen and oxygen atoms in total. The van der Waals surface area contributed by atoms with Gasteiger partial charge in [0.05, 0.1) is 16.4 Å². The van der Waals surface area contributed by atoms with Crippen LogP contribution in [-0.2, 0) is 0 Å². The number of likely N-dealkylation sites (N-methyl/N-ethyl adjacent to an activating group) is 1. The van der Waals surface area contributed by atoms with E-state index in [1.165, 1.54) is 5.57 Å². The molecule has 0 saturated carbocycles. The molecule has 1 aliphatic rings. The van der Waals surface area contributed by atoms with E-state index in [4.69, 9.17) is 0 Å². The molecular formula is C9H12BrN3. The fraction of sp³-hybridized carbons (Fsp3) is 0.444. The lowest BCUT2D eigenvalue weighted by Gasteiger charge is -2.22. The predicted octanol–water partition coefficient (Wildman–Crippen LogP) is 1.89. The number of nitrogens with zero attached hydrogens (tertiary/aromatic N) is 2. The number of nitrogens with one attached hydrogen (secondary N) is 1. The summed E-state index contributed by atoms with van der Waals surface area (Å²) in [4.78, 5) is 2.31. The lowest BCUT2D eigenvalue weighted by Crippen LogP contribution is -2.25. The normalized spacial score (nSPS) is 18.8. The van der Waals surface area contributed by atoms with Crippen LogP contribution in [0.4, 0.5) is 0 Å². The Hall–Kier alpha value is -0.610. The first-order valence-electron chi connectivity index (χ1n) is 4.34. The van der Waals surface area contributed by atoms with E-state index in [0.29, 0.717) is 0 Å². The van der Waals surface area contributed by atoms with E-state index in [1.807, 2.05) is 0 Å². The first kappa shape index (κ1) is 8.97. The zero-order valence-corrected chi connectivity index (χ0v) is 9.13. The topological polar surface area (TPSA) is 31.9 Å². The Balaban J connectivity index is 2.26. The third kappa shape index (κ3) is 1.84. The van der Waals surface area contributed by atoms with Crippen LogP contribution in [0.5, 0.6) is 0 Å². The van der Waals surface area contributed by atoms with E-state index in [0.717, 1.165) is 29.7 Å². The Labute approximate surface area is 86.0 Å². The summed E-state index contributed by atoms with van der Waals surface area (Å²) in [6, 6.07) is 0. The molecule has 0 aromatic carbocycles. The van der Waals surface area contributed by atoms with Crippen LogP contribution < -0.4 is 0 Å². The molecule has 1 N–H and O–H groups in total. The van der Waals surface area contributed by atoms with Crippen LogP contribution in [0, 0.1) is 0 Å². The molecule has 1 aromatic heterocycles. The van der Waals surface area contributed by atoms with E-state index in [2.05, 4.69) is 44.2 Å². The van der Waals surface area contributed by atoms with Gasteiger partial charge in [-0.05, 0) is 35.0 Å². The molecule has 13 heavy (non-hydrogen) atoms. The Kier molecular flexibility index (Phi) is 2.51. The minimum absolute atomic E-state index is 1.00. The minimum Gasteiger partial charge on any atom is -0.302 e. The second-order valence-electron chi connectivity index (χ2n) is 3.35. The Morgan fingerprint density at radius 3 is 3.08 bits per heavy atom. The molecule has 1 aliphatic heterocycles. The molecule has 0 aliphatic carbocycles. The van der Waals surface area contributed by atoms with Gasteiger partial charge in [0.2, 0.25) is 0 Å². The smallest absolute Gasteiger partial charge is 0.0761 e. The van der Waals surface area contributed by atoms with Crippen molar-refractivity contribution < 1.29 is 0 Å². The minimum atomic E-state index is 1.00. The van der Waals surface area contributed by atoms with Crippen molar-refractivity contribution in [2.75, 3.05) is 20.1 Å². The summed E-state index contributed by atoms with van der Waals surface area (Å²) < 4.78 is 1.05. The average molecular weight is 242 g/mol. The number of halogens is 1. The van der Waals surface area contributed by atoms with Gasteiger partial charge in [-0.25, -0.2) is 0 Å². The number of aromatic amines is 1. The first-order chi connectivity index (χ1) is 6.27. The molecule has 70 valence electrons. The molecular weight excluding hydrogens is 230 g/mol. The maximum absolute atomic E-state index is 3.99. The van der Waals surface area contributed by atoms with Crippen molar-refractivity contribution in [2.45, 2.75) is 6.42 Å². The van der Waals surface area contributed by atoms with Gasteiger partial charge in [-0.1, -0.05) is 6.08 Å². The van der Waals surface area contributed by atoms with Gasteiger partial charge in [-0.15, -0.1) is 0 Å². The lowest BCUT2D eigenvalue weighted by molar-refractivity contribution is 0.372. The van der Waals surface area contributed by atoms with E-state index in [9.17, 15) is 0 Å². The van der Waals surface area contributed by atoms with Crippen molar-refractivity contribution in [3.63, 3.8) is 0 Å². The summed E-state index contributed by atoms with van der Waals surface area (Å²) >= 11 is 3.47. The third-order valence-electron chi connectivity index (χ3n) is 2.26. The molecule has 2 heterocycles. The highest BCUT2D eigenvalue weighted by atomic mass is 79.9. The highest BCUT2D eigenvalue weighted by Crippen LogP contribution is 2.24. The van der Waals surface area contributed by atoms with Crippen molar-refractivity contribution in [3.05, 3.63) is 22.4 Å². The summed E-state index contributed by atoms with van der Waals surface area (Å²) in [5.41, 5.74) is 2.45. The van der Waals surface area contributed by atoms with Crippen molar-refractivity contribution in [1.29, 1.82) is 0 Å². The fourth-order valence-electron chi connectivity index (χ4n) is 1.57. The Morgan fingerprint density at radius 2 is 2.46 bits per heavy atom. The molecule has 0 amide bonds. The van der Waals surface area contributed by atoms with E-state index >= 15 is 0 Å². The number of hydrogen-bond acceptors (Lipinski definition) is 2. The zero-order chi connectivity index (χ0) is 9.26. The van der Waals surface area contributed by atoms with Crippen LogP contribution in [0.25, 0.3) is 5.57 Å². The number of hydrogen-bond donors (Lipinski definition) is 1. The molecule has 2 rings (SSSR count). The number of aromatic nitrogens is 2. The Morgan fingerprint density at radius 1 is 1.62 bits per heavy atom. The monoisotopic (exact) mass is 241 g/mol. The van der Waals surface area contributed by atoms with E-state index in [1.54, 1.807) is 6.20 Å². The van der Waals surface area contributed by atoms with Crippen LogP contribution >= 0.6 is 15.9 Å². The molecule has 0 unspecified atom stereocenters.